The van der Waals surface area contributed by atoms with Gasteiger partial charge in [-0.1, -0.05) is 48.0 Å². The molecule has 24 heavy (non-hydrogen) atoms. The molecule has 0 fully saturated rings. The molecule has 3 rings (SSSR count). The van der Waals surface area contributed by atoms with Gasteiger partial charge in [-0.05, 0) is 49.1 Å². The summed E-state index contributed by atoms with van der Waals surface area (Å²) in [5, 5.41) is 3.63. The zero-order chi connectivity index (χ0) is 17.2. The van der Waals surface area contributed by atoms with Gasteiger partial charge in [-0.25, -0.2) is 13.1 Å². The average molecular weight is 344 g/mol. The molecule has 0 aromatic heterocycles. The van der Waals surface area contributed by atoms with Crippen LogP contribution in [0.5, 0.6) is 0 Å². The van der Waals surface area contributed by atoms with Crippen LogP contribution < -0.4 is 10.0 Å². The van der Waals surface area contributed by atoms with Crippen molar-refractivity contribution in [3.05, 3.63) is 70.3 Å². The van der Waals surface area contributed by atoms with Gasteiger partial charge in [-0.2, -0.15) is 0 Å². The first-order valence-corrected chi connectivity index (χ1v) is 9.94. The first-order valence-electron chi connectivity index (χ1n) is 8.29. The molecule has 0 saturated carbocycles. The maximum absolute atomic E-state index is 11.6. The van der Waals surface area contributed by atoms with Crippen molar-refractivity contribution < 1.29 is 8.42 Å². The summed E-state index contributed by atoms with van der Waals surface area (Å²) in [4.78, 5) is 0. The molecule has 4 nitrogen and oxygen atoms in total. The van der Waals surface area contributed by atoms with E-state index in [9.17, 15) is 8.42 Å². The van der Waals surface area contributed by atoms with E-state index in [1.807, 2.05) is 24.3 Å². The minimum Gasteiger partial charge on any atom is -0.306 e. The summed E-state index contributed by atoms with van der Waals surface area (Å²) in [6.45, 7) is 2.92. The molecule has 0 heterocycles. The van der Waals surface area contributed by atoms with E-state index in [1.54, 1.807) is 0 Å². The summed E-state index contributed by atoms with van der Waals surface area (Å²) < 4.78 is 25.5. The normalized spacial score (nSPS) is 17.0. The summed E-state index contributed by atoms with van der Waals surface area (Å²) >= 11 is 0. The smallest absolute Gasteiger partial charge is 0.215 e. The highest BCUT2D eigenvalue weighted by Crippen LogP contribution is 2.31. The number of nitrogens with one attached hydrogen (secondary N) is 2. The van der Waals surface area contributed by atoms with E-state index < -0.39 is 10.0 Å². The van der Waals surface area contributed by atoms with Crippen LogP contribution in [0.25, 0.3) is 0 Å². The van der Waals surface area contributed by atoms with Crippen LogP contribution in [0.15, 0.2) is 42.5 Å². The number of rotatable bonds is 6. The fourth-order valence-electron chi connectivity index (χ4n) is 3.22. The van der Waals surface area contributed by atoms with E-state index in [1.165, 1.54) is 29.3 Å². The summed E-state index contributed by atoms with van der Waals surface area (Å²) in [6, 6.07) is 14.9. The summed E-state index contributed by atoms with van der Waals surface area (Å²) in [7, 11) is -1.77. The highest BCUT2D eigenvalue weighted by atomic mass is 32.2. The van der Waals surface area contributed by atoms with Crippen LogP contribution in [0.3, 0.4) is 0 Å². The van der Waals surface area contributed by atoms with Gasteiger partial charge >= 0.3 is 0 Å². The summed E-state index contributed by atoms with van der Waals surface area (Å²) in [5.74, 6) is 0.0203. The Morgan fingerprint density at radius 3 is 2.50 bits per heavy atom. The Morgan fingerprint density at radius 1 is 1.08 bits per heavy atom. The largest absolute Gasteiger partial charge is 0.306 e. The van der Waals surface area contributed by atoms with Crippen molar-refractivity contribution in [1.29, 1.82) is 0 Å². The Bertz CT molecular complexity index is 814. The van der Waals surface area contributed by atoms with E-state index in [4.69, 9.17) is 0 Å². The van der Waals surface area contributed by atoms with Crippen molar-refractivity contribution in [3.8, 4) is 0 Å². The molecule has 2 aromatic rings. The molecule has 0 spiro atoms. The first-order chi connectivity index (χ1) is 11.5. The molecule has 0 aliphatic heterocycles. The lowest BCUT2D eigenvalue weighted by atomic mass is 10.0. The Hall–Kier alpha value is -1.69. The minimum atomic E-state index is -3.21. The minimum absolute atomic E-state index is 0.0203. The maximum Gasteiger partial charge on any atom is 0.215 e. The van der Waals surface area contributed by atoms with Gasteiger partial charge in [0.05, 0.1) is 5.75 Å². The second-order valence-electron chi connectivity index (χ2n) is 6.45. The number of aryl methyl sites for hydroxylation is 2. The van der Waals surface area contributed by atoms with Gasteiger partial charge in [0.1, 0.15) is 0 Å². The van der Waals surface area contributed by atoms with Crippen LogP contribution in [0.4, 0.5) is 0 Å². The Balaban J connectivity index is 1.61. The van der Waals surface area contributed by atoms with Crippen LogP contribution in [0.2, 0.25) is 0 Å². The summed E-state index contributed by atoms with van der Waals surface area (Å²) in [5.41, 5.74) is 6.15. The van der Waals surface area contributed by atoms with Gasteiger partial charge in [-0.3, -0.25) is 0 Å². The molecule has 1 aliphatic carbocycles. The van der Waals surface area contributed by atoms with Gasteiger partial charge in [0, 0.05) is 12.6 Å². The Kier molecular flexibility index (Phi) is 5.04. The topological polar surface area (TPSA) is 58.2 Å². The lowest BCUT2D eigenvalue weighted by Gasteiger charge is -2.15. The van der Waals surface area contributed by atoms with Crippen molar-refractivity contribution >= 4 is 10.0 Å². The van der Waals surface area contributed by atoms with Crippen molar-refractivity contribution in [3.63, 3.8) is 0 Å². The number of sulfonamides is 1. The molecule has 0 bridgehead atoms. The fraction of sp³-hybridized carbons (Fsp3) is 0.368. The molecular formula is C19H24N2O2S. The molecule has 1 aliphatic rings. The average Bonchev–Trinajstić information content (AvgIpc) is 2.96. The number of benzene rings is 2. The first kappa shape index (κ1) is 17.1. The molecule has 5 heteroatoms. The maximum atomic E-state index is 11.6. The van der Waals surface area contributed by atoms with Gasteiger partial charge in [-0.15, -0.1) is 0 Å². The van der Waals surface area contributed by atoms with Gasteiger partial charge in [0.15, 0.2) is 0 Å². The third-order valence-electron chi connectivity index (χ3n) is 4.62. The predicted molar refractivity (Wildman–Crippen MR) is 97.2 cm³/mol. The lowest BCUT2D eigenvalue weighted by molar-refractivity contribution is 0.530. The zero-order valence-corrected chi connectivity index (χ0v) is 15.0. The van der Waals surface area contributed by atoms with E-state index >= 15 is 0 Å². The molecule has 128 valence electrons. The van der Waals surface area contributed by atoms with Crippen molar-refractivity contribution in [1.82, 2.24) is 10.0 Å². The Labute approximate surface area is 144 Å². The van der Waals surface area contributed by atoms with Gasteiger partial charge in [0.25, 0.3) is 0 Å². The molecule has 0 amide bonds. The van der Waals surface area contributed by atoms with Crippen LogP contribution in [-0.4, -0.2) is 15.5 Å². The fourth-order valence-corrected chi connectivity index (χ4v) is 4.00. The molecule has 2 aromatic carbocycles. The quantitative estimate of drug-likeness (QED) is 0.847. The van der Waals surface area contributed by atoms with E-state index in [-0.39, 0.29) is 5.75 Å². The molecule has 0 radical (unpaired) electrons. The Morgan fingerprint density at radius 2 is 1.79 bits per heavy atom. The van der Waals surface area contributed by atoms with E-state index in [0.717, 1.165) is 24.9 Å². The lowest BCUT2D eigenvalue weighted by Crippen LogP contribution is -2.20. The highest BCUT2D eigenvalue weighted by Gasteiger charge is 2.21. The molecular weight excluding hydrogens is 320 g/mol. The predicted octanol–water partition coefficient (Wildman–Crippen LogP) is 2.82. The van der Waals surface area contributed by atoms with E-state index in [2.05, 4.69) is 35.2 Å². The third-order valence-corrected chi connectivity index (χ3v) is 5.96. The second-order valence-corrected chi connectivity index (χ2v) is 8.38. The SMILES string of the molecule is CNS(=O)(=O)Cc1ccc(CNC2CCc3ccc(C)cc32)cc1. The number of fused-ring (bicyclic) bond motifs is 1. The second kappa shape index (κ2) is 7.05. The van der Waals surface area contributed by atoms with Crippen molar-refractivity contribution in [2.75, 3.05) is 7.05 Å². The van der Waals surface area contributed by atoms with Gasteiger partial charge < -0.3 is 5.32 Å². The van der Waals surface area contributed by atoms with Crippen LogP contribution >= 0.6 is 0 Å². The summed E-state index contributed by atoms with van der Waals surface area (Å²) in [6.07, 6.45) is 2.27. The number of hydrogen-bond acceptors (Lipinski definition) is 3. The van der Waals surface area contributed by atoms with Crippen LogP contribution in [-0.2, 0) is 28.7 Å². The van der Waals surface area contributed by atoms with Crippen LogP contribution in [0.1, 0.15) is 40.3 Å². The van der Waals surface area contributed by atoms with Crippen molar-refractivity contribution in [2.45, 2.75) is 38.1 Å². The molecule has 1 atom stereocenters. The zero-order valence-electron chi connectivity index (χ0n) is 14.2. The monoisotopic (exact) mass is 344 g/mol. The molecule has 1 unspecified atom stereocenters. The third kappa shape index (κ3) is 4.04. The molecule has 2 N–H and O–H groups in total. The highest BCUT2D eigenvalue weighted by molar-refractivity contribution is 7.88. The molecule has 0 saturated heterocycles. The van der Waals surface area contributed by atoms with Crippen molar-refractivity contribution in [2.24, 2.45) is 0 Å². The van der Waals surface area contributed by atoms with Gasteiger partial charge in [0.2, 0.25) is 10.0 Å². The standard InChI is InChI=1S/C19H24N2O2S/c1-14-3-8-17-9-10-19(18(17)11-14)21-12-15-4-6-16(7-5-15)13-24(22,23)20-2/h3-8,11,19-21H,9-10,12-13H2,1-2H3. The van der Waals surface area contributed by atoms with E-state index in [0.29, 0.717) is 6.04 Å². The number of hydrogen-bond donors (Lipinski definition) is 2. The van der Waals surface area contributed by atoms with Crippen LogP contribution in [0, 0.1) is 6.92 Å².